The van der Waals surface area contributed by atoms with Gasteiger partial charge in [0.05, 0.1) is 6.61 Å². The number of hydrogen-bond acceptors (Lipinski definition) is 3. The second kappa shape index (κ2) is 2.88. The summed E-state index contributed by atoms with van der Waals surface area (Å²) in [6.45, 7) is -0.144. The third kappa shape index (κ3) is 1.89. The number of alkyl halides is 3. The SMILES string of the molecule is O=S1(=O)OCCCC1C(F)(F)F. The molecule has 0 amide bonds. The van der Waals surface area contributed by atoms with E-state index in [4.69, 9.17) is 0 Å². The summed E-state index contributed by atoms with van der Waals surface area (Å²) in [7, 11) is -4.41. The first-order chi connectivity index (χ1) is 5.34. The molecule has 1 saturated heterocycles. The summed E-state index contributed by atoms with van der Waals surface area (Å²) in [5.74, 6) is 0. The van der Waals surface area contributed by atoms with Gasteiger partial charge in [0.25, 0.3) is 10.1 Å². The molecule has 1 heterocycles. The highest BCUT2D eigenvalue weighted by atomic mass is 32.2. The first-order valence-corrected chi connectivity index (χ1v) is 4.76. The molecule has 0 bridgehead atoms. The smallest absolute Gasteiger partial charge is 0.270 e. The quantitative estimate of drug-likeness (QED) is 0.554. The molecule has 1 rings (SSSR count). The molecular weight excluding hydrogens is 197 g/mol. The predicted octanol–water partition coefficient (Wildman–Crippen LogP) is 1.06. The summed E-state index contributed by atoms with van der Waals surface area (Å²) >= 11 is 0. The Labute approximate surface area is 67.6 Å². The monoisotopic (exact) mass is 204 g/mol. The minimum Gasteiger partial charge on any atom is -0.270 e. The molecule has 1 aliphatic heterocycles. The molecule has 1 fully saturated rings. The molecular formula is C5H7F3O3S. The van der Waals surface area contributed by atoms with Crippen molar-refractivity contribution in [2.75, 3.05) is 6.61 Å². The van der Waals surface area contributed by atoms with Gasteiger partial charge >= 0.3 is 6.18 Å². The van der Waals surface area contributed by atoms with E-state index in [-0.39, 0.29) is 13.0 Å². The standard InChI is InChI=1S/C5H7F3O3S/c6-5(7,8)4-2-1-3-11-12(4,9)10/h4H,1-3H2. The average molecular weight is 204 g/mol. The van der Waals surface area contributed by atoms with Crippen LogP contribution in [0.3, 0.4) is 0 Å². The third-order valence-electron chi connectivity index (χ3n) is 1.57. The normalized spacial score (nSPS) is 30.1. The first kappa shape index (κ1) is 9.79. The van der Waals surface area contributed by atoms with Crippen LogP contribution in [0, 0.1) is 0 Å². The minimum absolute atomic E-state index is 0.128. The maximum atomic E-state index is 12.0. The fraction of sp³-hybridized carbons (Fsp3) is 1.00. The van der Waals surface area contributed by atoms with E-state index in [0.29, 0.717) is 0 Å². The fourth-order valence-corrected chi connectivity index (χ4v) is 2.29. The van der Waals surface area contributed by atoms with Gasteiger partial charge in [-0.25, -0.2) is 0 Å². The molecule has 0 saturated carbocycles. The van der Waals surface area contributed by atoms with E-state index in [1.165, 1.54) is 0 Å². The van der Waals surface area contributed by atoms with E-state index in [1.54, 1.807) is 0 Å². The Morgan fingerprint density at radius 3 is 2.25 bits per heavy atom. The largest absolute Gasteiger partial charge is 0.407 e. The fourth-order valence-electron chi connectivity index (χ4n) is 0.998. The second-order valence-corrected chi connectivity index (χ2v) is 4.28. The summed E-state index contributed by atoms with van der Waals surface area (Å²) in [4.78, 5) is 0. The van der Waals surface area contributed by atoms with Crippen LogP contribution in [-0.4, -0.2) is 26.5 Å². The van der Waals surface area contributed by atoms with Gasteiger partial charge in [0.2, 0.25) is 0 Å². The van der Waals surface area contributed by atoms with Crippen LogP contribution in [0.5, 0.6) is 0 Å². The Kier molecular flexibility index (Phi) is 2.35. The zero-order valence-corrected chi connectivity index (χ0v) is 6.78. The Morgan fingerprint density at radius 2 is 1.92 bits per heavy atom. The van der Waals surface area contributed by atoms with Crippen molar-refractivity contribution in [3.05, 3.63) is 0 Å². The number of hydrogen-bond donors (Lipinski definition) is 0. The summed E-state index contributed by atoms with van der Waals surface area (Å²) in [6.07, 6.45) is -4.98. The van der Waals surface area contributed by atoms with Crippen molar-refractivity contribution in [2.24, 2.45) is 0 Å². The van der Waals surface area contributed by atoms with Crippen molar-refractivity contribution in [3.8, 4) is 0 Å². The minimum atomic E-state index is -4.71. The maximum absolute atomic E-state index is 12.0. The Morgan fingerprint density at radius 1 is 1.33 bits per heavy atom. The summed E-state index contributed by atoms with van der Waals surface area (Å²) < 4.78 is 61.4. The van der Waals surface area contributed by atoms with Crippen molar-refractivity contribution < 1.29 is 25.8 Å². The van der Waals surface area contributed by atoms with E-state index >= 15 is 0 Å². The van der Waals surface area contributed by atoms with Crippen LogP contribution >= 0.6 is 0 Å². The highest BCUT2D eigenvalue weighted by Gasteiger charge is 2.50. The third-order valence-corrected chi connectivity index (χ3v) is 3.27. The molecule has 3 nitrogen and oxygen atoms in total. The van der Waals surface area contributed by atoms with Crippen LogP contribution in [-0.2, 0) is 14.3 Å². The molecule has 0 spiro atoms. The van der Waals surface area contributed by atoms with Gasteiger partial charge < -0.3 is 0 Å². The molecule has 0 aromatic heterocycles. The summed E-state index contributed by atoms with van der Waals surface area (Å²) in [5.41, 5.74) is 0. The molecule has 7 heteroatoms. The van der Waals surface area contributed by atoms with E-state index < -0.39 is 28.0 Å². The summed E-state index contributed by atoms with van der Waals surface area (Å²) in [5, 5.41) is -2.33. The highest BCUT2D eigenvalue weighted by molar-refractivity contribution is 7.87. The van der Waals surface area contributed by atoms with Gasteiger partial charge in [-0.15, -0.1) is 0 Å². The Hall–Kier alpha value is -0.300. The van der Waals surface area contributed by atoms with Crippen molar-refractivity contribution in [1.82, 2.24) is 0 Å². The van der Waals surface area contributed by atoms with Gasteiger partial charge in [0.15, 0.2) is 5.25 Å². The van der Waals surface area contributed by atoms with Gasteiger partial charge in [-0.05, 0) is 12.8 Å². The number of rotatable bonds is 0. The molecule has 0 radical (unpaired) electrons. The van der Waals surface area contributed by atoms with Gasteiger partial charge in [-0.1, -0.05) is 0 Å². The van der Waals surface area contributed by atoms with Crippen molar-refractivity contribution in [3.63, 3.8) is 0 Å². The van der Waals surface area contributed by atoms with Crippen molar-refractivity contribution in [1.29, 1.82) is 0 Å². The van der Waals surface area contributed by atoms with E-state index in [9.17, 15) is 21.6 Å². The second-order valence-electron chi connectivity index (χ2n) is 2.49. The van der Waals surface area contributed by atoms with E-state index in [0.717, 1.165) is 0 Å². The van der Waals surface area contributed by atoms with Crippen molar-refractivity contribution in [2.45, 2.75) is 24.3 Å². The highest BCUT2D eigenvalue weighted by Crippen LogP contribution is 2.32. The van der Waals surface area contributed by atoms with Crippen LogP contribution in [0.2, 0.25) is 0 Å². The van der Waals surface area contributed by atoms with Gasteiger partial charge in [0, 0.05) is 0 Å². The van der Waals surface area contributed by atoms with Crippen LogP contribution in [0.15, 0.2) is 0 Å². The van der Waals surface area contributed by atoms with Crippen LogP contribution < -0.4 is 0 Å². The van der Waals surface area contributed by atoms with Crippen LogP contribution in [0.1, 0.15) is 12.8 Å². The average Bonchev–Trinajstić information content (AvgIpc) is 1.83. The lowest BCUT2D eigenvalue weighted by Gasteiger charge is -2.23. The molecule has 0 N–H and O–H groups in total. The number of halogens is 3. The molecule has 72 valence electrons. The van der Waals surface area contributed by atoms with Crippen LogP contribution in [0.4, 0.5) is 13.2 Å². The first-order valence-electron chi connectivity index (χ1n) is 3.29. The topological polar surface area (TPSA) is 43.4 Å². The maximum Gasteiger partial charge on any atom is 0.407 e. The van der Waals surface area contributed by atoms with Gasteiger partial charge in [0.1, 0.15) is 0 Å². The molecule has 1 unspecified atom stereocenters. The Bertz CT molecular complexity index is 256. The Balaban J connectivity index is 2.89. The van der Waals surface area contributed by atoms with E-state index in [2.05, 4.69) is 4.18 Å². The lowest BCUT2D eigenvalue weighted by atomic mass is 10.2. The molecule has 0 aromatic carbocycles. The van der Waals surface area contributed by atoms with Crippen LogP contribution in [0.25, 0.3) is 0 Å². The molecule has 0 aromatic rings. The predicted molar refractivity (Wildman–Crippen MR) is 33.9 cm³/mol. The molecule has 0 aliphatic carbocycles. The van der Waals surface area contributed by atoms with Gasteiger partial charge in [-0.3, -0.25) is 4.18 Å². The molecule has 1 atom stereocenters. The molecule has 1 aliphatic rings. The van der Waals surface area contributed by atoms with Crippen molar-refractivity contribution >= 4 is 10.1 Å². The lowest BCUT2D eigenvalue weighted by Crippen LogP contribution is -2.40. The van der Waals surface area contributed by atoms with Gasteiger partial charge in [-0.2, -0.15) is 21.6 Å². The zero-order valence-electron chi connectivity index (χ0n) is 5.97. The summed E-state index contributed by atoms with van der Waals surface area (Å²) in [6, 6.07) is 0. The zero-order chi connectivity index (χ0) is 9.41. The lowest BCUT2D eigenvalue weighted by molar-refractivity contribution is -0.135. The molecule has 12 heavy (non-hydrogen) atoms. The van der Waals surface area contributed by atoms with E-state index in [1.807, 2.05) is 0 Å².